The first-order valence-electron chi connectivity index (χ1n) is 4.78. The van der Waals surface area contributed by atoms with Gasteiger partial charge in [-0.3, -0.25) is 9.71 Å². The van der Waals surface area contributed by atoms with Crippen LogP contribution in [0.15, 0.2) is 24.3 Å². The maximum Gasteiger partial charge on any atom is 0.232 e. The Kier molecular flexibility index (Phi) is 3.54. The van der Waals surface area contributed by atoms with E-state index >= 15 is 0 Å². The maximum atomic E-state index is 11.5. The average Bonchev–Trinajstić information content (AvgIpc) is 2.17. The Labute approximate surface area is 95.4 Å². The van der Waals surface area contributed by atoms with Crippen molar-refractivity contribution >= 4 is 21.5 Å². The summed E-state index contributed by atoms with van der Waals surface area (Å²) in [6.45, 7) is 2.10. The number of nitrogens with one attached hydrogen (secondary N) is 1. The fourth-order valence-corrected chi connectivity index (χ4v) is 2.40. The smallest absolute Gasteiger partial charge is 0.232 e. The standard InChI is InChI=1S/C10H15N3O2S/c1-3-13(16(2,14)15)9-6-4-5-8(7-9)10(11)12/h4-7H,3H2,1-2H3,(H3,11,12). The number of nitrogens with two attached hydrogens (primary N) is 1. The van der Waals surface area contributed by atoms with Crippen LogP contribution in [0.3, 0.4) is 0 Å². The molecular formula is C10H15N3O2S. The van der Waals surface area contributed by atoms with Crippen molar-refractivity contribution in [2.24, 2.45) is 5.73 Å². The van der Waals surface area contributed by atoms with Crippen LogP contribution in [0.25, 0.3) is 0 Å². The number of sulfonamides is 1. The predicted octanol–water partition coefficient (Wildman–Crippen LogP) is 0.757. The second-order valence-electron chi connectivity index (χ2n) is 3.39. The summed E-state index contributed by atoms with van der Waals surface area (Å²) in [4.78, 5) is 0. The Bertz CT molecular complexity index is 497. The molecule has 0 spiro atoms. The first kappa shape index (κ1) is 12.5. The molecule has 0 heterocycles. The van der Waals surface area contributed by atoms with Crippen LogP contribution in [0.1, 0.15) is 12.5 Å². The minimum atomic E-state index is -3.29. The molecule has 1 aromatic rings. The quantitative estimate of drug-likeness (QED) is 0.602. The van der Waals surface area contributed by atoms with Crippen LogP contribution in [-0.4, -0.2) is 27.1 Å². The minimum absolute atomic E-state index is 0.0774. The zero-order valence-corrected chi connectivity index (χ0v) is 10.1. The number of rotatable bonds is 4. The molecule has 16 heavy (non-hydrogen) atoms. The van der Waals surface area contributed by atoms with Crippen LogP contribution in [0.5, 0.6) is 0 Å². The summed E-state index contributed by atoms with van der Waals surface area (Å²) < 4.78 is 24.2. The summed E-state index contributed by atoms with van der Waals surface area (Å²) in [5.74, 6) is -0.0774. The first-order chi connectivity index (χ1) is 7.36. The molecule has 0 aromatic heterocycles. The third kappa shape index (κ3) is 2.73. The monoisotopic (exact) mass is 241 g/mol. The summed E-state index contributed by atoms with van der Waals surface area (Å²) in [7, 11) is -3.29. The van der Waals surface area contributed by atoms with Gasteiger partial charge in [0.05, 0.1) is 11.9 Å². The molecule has 88 valence electrons. The van der Waals surface area contributed by atoms with Crippen LogP contribution >= 0.6 is 0 Å². The van der Waals surface area contributed by atoms with Crippen molar-refractivity contribution in [2.75, 3.05) is 17.1 Å². The van der Waals surface area contributed by atoms with E-state index < -0.39 is 10.0 Å². The number of hydrogen-bond donors (Lipinski definition) is 2. The predicted molar refractivity (Wildman–Crippen MR) is 65.3 cm³/mol. The zero-order chi connectivity index (χ0) is 12.3. The molecule has 6 heteroatoms. The molecule has 0 fully saturated rings. The molecule has 3 N–H and O–H groups in total. The molecule has 0 saturated carbocycles. The van der Waals surface area contributed by atoms with Gasteiger partial charge in [0, 0.05) is 12.1 Å². The van der Waals surface area contributed by atoms with Crippen molar-refractivity contribution in [3.63, 3.8) is 0 Å². The summed E-state index contributed by atoms with van der Waals surface area (Å²) in [6, 6.07) is 6.62. The molecule has 0 aliphatic heterocycles. The number of hydrogen-bond acceptors (Lipinski definition) is 3. The molecule has 0 aliphatic rings. The second kappa shape index (κ2) is 4.52. The first-order valence-corrected chi connectivity index (χ1v) is 6.63. The molecule has 0 atom stereocenters. The molecule has 1 rings (SSSR count). The Morgan fingerprint density at radius 1 is 1.50 bits per heavy atom. The van der Waals surface area contributed by atoms with Crippen LogP contribution < -0.4 is 10.0 Å². The second-order valence-corrected chi connectivity index (χ2v) is 5.30. The van der Waals surface area contributed by atoms with E-state index in [-0.39, 0.29) is 5.84 Å². The third-order valence-corrected chi connectivity index (χ3v) is 3.40. The van der Waals surface area contributed by atoms with E-state index in [4.69, 9.17) is 11.1 Å². The Balaban J connectivity index is 3.22. The van der Waals surface area contributed by atoms with Crippen LogP contribution in [0.4, 0.5) is 5.69 Å². The fourth-order valence-electron chi connectivity index (χ4n) is 1.44. The van der Waals surface area contributed by atoms with Crippen molar-refractivity contribution in [3.05, 3.63) is 29.8 Å². The third-order valence-electron chi connectivity index (χ3n) is 2.13. The number of nitrogens with zero attached hydrogens (tertiary/aromatic N) is 1. The fraction of sp³-hybridized carbons (Fsp3) is 0.300. The van der Waals surface area contributed by atoms with Gasteiger partial charge in [0.1, 0.15) is 5.84 Å². The van der Waals surface area contributed by atoms with Gasteiger partial charge in [-0.2, -0.15) is 0 Å². The molecule has 0 bridgehead atoms. The number of nitrogen functional groups attached to an aromatic ring is 1. The zero-order valence-electron chi connectivity index (χ0n) is 9.27. The van der Waals surface area contributed by atoms with Crippen LogP contribution in [-0.2, 0) is 10.0 Å². The summed E-state index contributed by atoms with van der Waals surface area (Å²) in [5, 5.41) is 7.30. The topological polar surface area (TPSA) is 87.2 Å². The highest BCUT2D eigenvalue weighted by Gasteiger charge is 2.15. The largest absolute Gasteiger partial charge is 0.384 e. The number of amidine groups is 1. The van der Waals surface area contributed by atoms with Gasteiger partial charge in [0.15, 0.2) is 0 Å². The van der Waals surface area contributed by atoms with Gasteiger partial charge >= 0.3 is 0 Å². The lowest BCUT2D eigenvalue weighted by Crippen LogP contribution is -2.29. The molecule has 0 aliphatic carbocycles. The van der Waals surface area contributed by atoms with E-state index in [9.17, 15) is 8.42 Å². The summed E-state index contributed by atoms with van der Waals surface area (Å²) >= 11 is 0. The molecular weight excluding hydrogens is 226 g/mol. The molecule has 0 saturated heterocycles. The van der Waals surface area contributed by atoms with Gasteiger partial charge in [0.25, 0.3) is 0 Å². The molecule has 0 amide bonds. The van der Waals surface area contributed by atoms with Crippen molar-refractivity contribution in [1.29, 1.82) is 5.41 Å². The van der Waals surface area contributed by atoms with E-state index in [2.05, 4.69) is 0 Å². The van der Waals surface area contributed by atoms with E-state index in [1.54, 1.807) is 31.2 Å². The van der Waals surface area contributed by atoms with Crippen molar-refractivity contribution in [1.82, 2.24) is 0 Å². The van der Waals surface area contributed by atoms with Crippen LogP contribution in [0.2, 0.25) is 0 Å². The highest BCUT2D eigenvalue weighted by molar-refractivity contribution is 7.92. The van der Waals surface area contributed by atoms with Crippen molar-refractivity contribution in [2.45, 2.75) is 6.92 Å². The van der Waals surface area contributed by atoms with Gasteiger partial charge in [-0.25, -0.2) is 8.42 Å². The molecule has 5 nitrogen and oxygen atoms in total. The normalized spacial score (nSPS) is 11.1. The average molecular weight is 241 g/mol. The minimum Gasteiger partial charge on any atom is -0.384 e. The SMILES string of the molecule is CCN(c1cccc(C(=N)N)c1)S(C)(=O)=O. The van der Waals surface area contributed by atoms with Crippen molar-refractivity contribution < 1.29 is 8.42 Å². The van der Waals surface area contributed by atoms with E-state index in [1.807, 2.05) is 0 Å². The van der Waals surface area contributed by atoms with Gasteiger partial charge in [-0.1, -0.05) is 12.1 Å². The Hall–Kier alpha value is -1.56. The highest BCUT2D eigenvalue weighted by Crippen LogP contribution is 2.18. The Morgan fingerprint density at radius 3 is 2.56 bits per heavy atom. The number of benzene rings is 1. The van der Waals surface area contributed by atoms with Gasteiger partial charge in [-0.15, -0.1) is 0 Å². The molecule has 0 radical (unpaired) electrons. The van der Waals surface area contributed by atoms with Gasteiger partial charge in [0.2, 0.25) is 10.0 Å². The lowest BCUT2D eigenvalue weighted by Gasteiger charge is -2.20. The van der Waals surface area contributed by atoms with Crippen LogP contribution in [0, 0.1) is 5.41 Å². The lowest BCUT2D eigenvalue weighted by molar-refractivity contribution is 0.598. The van der Waals surface area contributed by atoms with Crippen molar-refractivity contribution in [3.8, 4) is 0 Å². The van der Waals surface area contributed by atoms with Gasteiger partial charge in [-0.05, 0) is 19.1 Å². The highest BCUT2D eigenvalue weighted by atomic mass is 32.2. The van der Waals surface area contributed by atoms with E-state index in [0.29, 0.717) is 17.8 Å². The Morgan fingerprint density at radius 2 is 2.12 bits per heavy atom. The maximum absolute atomic E-state index is 11.5. The van der Waals surface area contributed by atoms with E-state index in [0.717, 1.165) is 6.26 Å². The van der Waals surface area contributed by atoms with Gasteiger partial charge < -0.3 is 5.73 Å². The number of anilines is 1. The summed E-state index contributed by atoms with van der Waals surface area (Å²) in [6.07, 6.45) is 1.15. The van der Waals surface area contributed by atoms with E-state index in [1.165, 1.54) is 4.31 Å². The lowest BCUT2D eigenvalue weighted by atomic mass is 10.2. The molecule has 1 aromatic carbocycles. The molecule has 0 unspecified atom stereocenters. The summed E-state index contributed by atoms with van der Waals surface area (Å²) in [5.41, 5.74) is 6.39.